The molecule has 48 heavy (non-hydrogen) atoms. The van der Waals surface area contributed by atoms with Gasteiger partial charge in [0.05, 0.1) is 27.8 Å². The normalized spacial score (nSPS) is 12.2. The van der Waals surface area contributed by atoms with E-state index in [-0.39, 0.29) is 0 Å². The summed E-state index contributed by atoms with van der Waals surface area (Å²) in [4.78, 5) is 4.86. The number of fused-ring (bicyclic) bond motifs is 9. The largest absolute Gasteiger partial charge is 0.309 e. The number of para-hydroxylation sites is 3. The van der Waals surface area contributed by atoms with Gasteiger partial charge < -0.3 is 9.13 Å². The Morgan fingerprint density at radius 3 is 1.71 bits per heavy atom. The van der Waals surface area contributed by atoms with Crippen LogP contribution in [0, 0.1) is 0 Å². The van der Waals surface area contributed by atoms with Gasteiger partial charge in [0.2, 0.25) is 0 Å². The first-order chi connectivity index (χ1) is 23.8. The van der Waals surface area contributed by atoms with Crippen molar-refractivity contribution in [2.45, 2.75) is 0 Å². The maximum absolute atomic E-state index is 4.86. The zero-order valence-corrected chi connectivity index (χ0v) is 25.9. The van der Waals surface area contributed by atoms with Crippen LogP contribution in [0.15, 0.2) is 164 Å². The predicted molar refractivity (Wildman–Crippen MR) is 200 cm³/mol. The lowest BCUT2D eigenvalue weighted by Crippen LogP contribution is -1.95. The molecule has 3 heterocycles. The van der Waals surface area contributed by atoms with Gasteiger partial charge >= 0.3 is 0 Å². The molecule has 3 nitrogen and oxygen atoms in total. The van der Waals surface area contributed by atoms with Crippen molar-refractivity contribution in [3.63, 3.8) is 0 Å². The third-order valence-corrected chi connectivity index (χ3v) is 10.3. The zero-order valence-electron chi connectivity index (χ0n) is 25.9. The molecule has 10 aromatic rings. The molecule has 0 radical (unpaired) electrons. The Morgan fingerprint density at radius 1 is 0.375 bits per heavy atom. The topological polar surface area (TPSA) is 22.8 Å². The van der Waals surface area contributed by atoms with E-state index >= 15 is 0 Å². The SMILES string of the molecule is c1ccc(-n2c3ccccc3c3cc(-c4ccc5c(c4)c4ccccc4n5-c4ccc5c(c4)-c4nccc6cccc-5c46)ccc32)cc1. The lowest BCUT2D eigenvalue weighted by Gasteiger charge is -2.11. The van der Waals surface area contributed by atoms with E-state index in [1.165, 1.54) is 87.9 Å². The summed E-state index contributed by atoms with van der Waals surface area (Å²) >= 11 is 0. The first-order valence-electron chi connectivity index (χ1n) is 16.5. The molecule has 0 spiro atoms. The van der Waals surface area contributed by atoms with E-state index in [4.69, 9.17) is 4.98 Å². The van der Waals surface area contributed by atoms with Crippen LogP contribution in [0.1, 0.15) is 0 Å². The molecule has 0 amide bonds. The molecule has 1 aliphatic rings. The van der Waals surface area contributed by atoms with Gasteiger partial charge in [0.15, 0.2) is 0 Å². The van der Waals surface area contributed by atoms with Crippen LogP contribution in [-0.2, 0) is 0 Å². The minimum atomic E-state index is 1.08. The van der Waals surface area contributed by atoms with Gasteiger partial charge in [0.1, 0.15) is 0 Å². The van der Waals surface area contributed by atoms with Crippen molar-refractivity contribution < 1.29 is 0 Å². The van der Waals surface area contributed by atoms with Gasteiger partial charge in [0, 0.05) is 50.1 Å². The number of pyridine rings is 1. The van der Waals surface area contributed by atoms with Gasteiger partial charge in [-0.3, -0.25) is 4.98 Å². The van der Waals surface area contributed by atoms with Crippen LogP contribution < -0.4 is 0 Å². The number of benzene rings is 7. The number of rotatable bonds is 3. The molecule has 0 saturated heterocycles. The van der Waals surface area contributed by atoms with Crippen molar-refractivity contribution in [3.8, 4) is 44.9 Å². The van der Waals surface area contributed by atoms with Crippen molar-refractivity contribution >= 4 is 54.4 Å². The zero-order chi connectivity index (χ0) is 31.3. The highest BCUT2D eigenvalue weighted by atomic mass is 15.0. The third-order valence-electron chi connectivity index (χ3n) is 10.3. The van der Waals surface area contributed by atoms with Crippen LogP contribution in [0.25, 0.3) is 99.3 Å². The van der Waals surface area contributed by atoms with E-state index in [9.17, 15) is 0 Å². The van der Waals surface area contributed by atoms with E-state index < -0.39 is 0 Å². The minimum absolute atomic E-state index is 1.08. The Hall–Kier alpha value is -6.45. The molecule has 0 aliphatic heterocycles. The molecule has 3 heteroatoms. The molecule has 0 unspecified atom stereocenters. The highest BCUT2D eigenvalue weighted by molar-refractivity contribution is 6.15. The van der Waals surface area contributed by atoms with E-state index in [1.54, 1.807) is 0 Å². The van der Waals surface area contributed by atoms with Crippen molar-refractivity contribution in [2.24, 2.45) is 0 Å². The van der Waals surface area contributed by atoms with Crippen molar-refractivity contribution in [2.75, 3.05) is 0 Å². The summed E-state index contributed by atoms with van der Waals surface area (Å²) in [6.07, 6.45) is 1.93. The van der Waals surface area contributed by atoms with Crippen LogP contribution in [0.5, 0.6) is 0 Å². The number of aromatic nitrogens is 3. The summed E-state index contributed by atoms with van der Waals surface area (Å²) in [5.74, 6) is 0. The molecule has 0 bridgehead atoms. The van der Waals surface area contributed by atoms with E-state index in [0.29, 0.717) is 0 Å². The molecule has 0 N–H and O–H groups in total. The molecule has 0 saturated carbocycles. The molecular weight excluding hydrogens is 583 g/mol. The molecule has 0 atom stereocenters. The maximum atomic E-state index is 4.86. The van der Waals surface area contributed by atoms with E-state index in [2.05, 4.69) is 167 Å². The van der Waals surface area contributed by atoms with Crippen molar-refractivity contribution in [1.29, 1.82) is 0 Å². The van der Waals surface area contributed by atoms with Gasteiger partial charge in [-0.25, -0.2) is 0 Å². The lowest BCUT2D eigenvalue weighted by molar-refractivity contribution is 1.18. The summed E-state index contributed by atoms with van der Waals surface area (Å²) in [6, 6.07) is 57.5. The highest BCUT2D eigenvalue weighted by Crippen LogP contribution is 2.47. The molecular formula is C45H27N3. The molecule has 222 valence electrons. The van der Waals surface area contributed by atoms with E-state index in [1.807, 2.05) is 6.20 Å². The quantitative estimate of drug-likeness (QED) is 0.195. The fourth-order valence-electron chi connectivity index (χ4n) is 8.20. The smallest absolute Gasteiger partial charge is 0.0793 e. The van der Waals surface area contributed by atoms with Gasteiger partial charge in [-0.1, -0.05) is 91.0 Å². The van der Waals surface area contributed by atoms with E-state index in [0.717, 1.165) is 11.4 Å². The Bertz CT molecular complexity index is 2940. The average molecular weight is 610 g/mol. The maximum Gasteiger partial charge on any atom is 0.0793 e. The van der Waals surface area contributed by atoms with Crippen molar-refractivity contribution in [3.05, 3.63) is 164 Å². The summed E-state index contributed by atoms with van der Waals surface area (Å²) in [5.41, 5.74) is 14.4. The standard InChI is InChI=1S/C45H27N3/c1-2-10-31(11-3-1)47-40-15-6-4-12-34(40)37-25-29(17-21-42(37)47)30-18-22-43-38(26-30)35-13-5-7-16-41(35)48(43)32-19-20-33-36-14-8-9-28-23-24-46-45(44(28)36)39(33)27-32/h1-27H. The van der Waals surface area contributed by atoms with Crippen molar-refractivity contribution in [1.82, 2.24) is 14.1 Å². The first-order valence-corrected chi connectivity index (χ1v) is 16.5. The summed E-state index contributed by atoms with van der Waals surface area (Å²) < 4.78 is 4.78. The average Bonchev–Trinajstić information content (AvgIpc) is 3.78. The van der Waals surface area contributed by atoms with Gasteiger partial charge in [-0.05, 0) is 94.4 Å². The molecule has 1 aliphatic carbocycles. The summed E-state index contributed by atoms with van der Waals surface area (Å²) in [7, 11) is 0. The number of hydrogen-bond donors (Lipinski definition) is 0. The van der Waals surface area contributed by atoms with Crippen LogP contribution in [0.2, 0.25) is 0 Å². The molecule has 3 aromatic heterocycles. The molecule has 7 aromatic carbocycles. The van der Waals surface area contributed by atoms with Crippen LogP contribution in [0.3, 0.4) is 0 Å². The lowest BCUT2D eigenvalue weighted by atomic mass is 10.0. The van der Waals surface area contributed by atoms with Gasteiger partial charge in [-0.2, -0.15) is 0 Å². The second kappa shape index (κ2) is 9.54. The monoisotopic (exact) mass is 609 g/mol. The first kappa shape index (κ1) is 25.7. The van der Waals surface area contributed by atoms with Crippen LogP contribution in [0.4, 0.5) is 0 Å². The molecule has 11 rings (SSSR count). The molecule has 0 fully saturated rings. The Balaban J connectivity index is 1.10. The van der Waals surface area contributed by atoms with Gasteiger partial charge in [0.25, 0.3) is 0 Å². The summed E-state index contributed by atoms with van der Waals surface area (Å²) in [5, 5.41) is 7.52. The second-order valence-electron chi connectivity index (χ2n) is 12.8. The number of hydrogen-bond acceptors (Lipinski definition) is 1. The third kappa shape index (κ3) is 3.45. The Labute approximate surface area is 276 Å². The van der Waals surface area contributed by atoms with Crippen LogP contribution in [-0.4, -0.2) is 14.1 Å². The van der Waals surface area contributed by atoms with Gasteiger partial charge in [-0.15, -0.1) is 0 Å². The highest BCUT2D eigenvalue weighted by Gasteiger charge is 2.24. The van der Waals surface area contributed by atoms with Crippen LogP contribution >= 0.6 is 0 Å². The Kier molecular flexibility index (Phi) is 5.11. The minimum Gasteiger partial charge on any atom is -0.309 e. The fraction of sp³-hybridized carbons (Fsp3) is 0. The number of nitrogens with zero attached hydrogens (tertiary/aromatic N) is 3. The summed E-state index contributed by atoms with van der Waals surface area (Å²) in [6.45, 7) is 0. The fourth-order valence-corrected chi connectivity index (χ4v) is 8.20. The Morgan fingerprint density at radius 2 is 1.00 bits per heavy atom. The predicted octanol–water partition coefficient (Wildman–Crippen LogP) is 11.7. The second-order valence-corrected chi connectivity index (χ2v) is 12.8.